The second-order valence-corrected chi connectivity index (χ2v) is 7.37. The number of nitro benzene ring substituents is 1. The third-order valence-electron chi connectivity index (χ3n) is 5.08. The van der Waals surface area contributed by atoms with Gasteiger partial charge in [-0.1, -0.05) is 30.3 Å². The number of nitrogens with zero attached hydrogens (tertiary/aromatic N) is 1. The van der Waals surface area contributed by atoms with E-state index < -0.39 is 28.8 Å². The molecule has 0 bridgehead atoms. The van der Waals surface area contributed by atoms with Crippen LogP contribution in [-0.2, 0) is 22.4 Å². The van der Waals surface area contributed by atoms with E-state index in [-0.39, 0.29) is 31.7 Å². The minimum Gasteiger partial charge on any atom is -0.395 e. The van der Waals surface area contributed by atoms with Crippen LogP contribution in [0.25, 0.3) is 10.9 Å². The number of benzene rings is 2. The van der Waals surface area contributed by atoms with Crippen molar-refractivity contribution in [2.24, 2.45) is 5.73 Å². The van der Waals surface area contributed by atoms with Crippen LogP contribution in [0.1, 0.15) is 11.1 Å². The van der Waals surface area contributed by atoms with Gasteiger partial charge in [-0.15, -0.1) is 0 Å². The first-order chi connectivity index (χ1) is 15.4. The molecule has 10 heteroatoms. The first-order valence-electron chi connectivity index (χ1n) is 10.1. The molecule has 32 heavy (non-hydrogen) atoms. The van der Waals surface area contributed by atoms with Gasteiger partial charge >= 0.3 is 0 Å². The number of aliphatic hydroxyl groups is 1. The molecule has 0 saturated carbocycles. The molecule has 2 atom stereocenters. The summed E-state index contributed by atoms with van der Waals surface area (Å²) in [4.78, 5) is 38.8. The largest absolute Gasteiger partial charge is 0.395 e. The second kappa shape index (κ2) is 10.5. The van der Waals surface area contributed by atoms with Crippen molar-refractivity contribution in [2.75, 3.05) is 13.2 Å². The first kappa shape index (κ1) is 22.9. The van der Waals surface area contributed by atoms with Crippen molar-refractivity contribution in [2.45, 2.75) is 24.9 Å². The van der Waals surface area contributed by atoms with Crippen LogP contribution in [0.15, 0.2) is 54.7 Å². The molecule has 0 spiro atoms. The highest BCUT2D eigenvalue weighted by Crippen LogP contribution is 2.19. The molecule has 10 nitrogen and oxygen atoms in total. The number of nitrogens with two attached hydrogens (primary N) is 1. The monoisotopic (exact) mass is 439 g/mol. The number of hydrogen-bond donors (Lipinski definition) is 5. The molecular formula is C22H25N5O5. The van der Waals surface area contributed by atoms with Crippen LogP contribution in [0, 0.1) is 10.1 Å². The quantitative estimate of drug-likeness (QED) is 0.231. The maximum Gasteiger partial charge on any atom is 0.269 e. The Morgan fingerprint density at radius 2 is 1.81 bits per heavy atom. The molecule has 0 aliphatic heterocycles. The van der Waals surface area contributed by atoms with Crippen molar-refractivity contribution in [1.82, 2.24) is 15.6 Å². The van der Waals surface area contributed by atoms with Crippen LogP contribution in [0.5, 0.6) is 0 Å². The zero-order valence-electron chi connectivity index (χ0n) is 17.3. The summed E-state index contributed by atoms with van der Waals surface area (Å²) in [5, 5.41) is 26.0. The van der Waals surface area contributed by atoms with E-state index in [0.717, 1.165) is 16.5 Å². The molecule has 3 aromatic rings. The summed E-state index contributed by atoms with van der Waals surface area (Å²) in [5.41, 5.74) is 8.42. The van der Waals surface area contributed by atoms with Crippen LogP contribution in [-0.4, -0.2) is 52.1 Å². The van der Waals surface area contributed by atoms with Crippen molar-refractivity contribution in [1.29, 1.82) is 0 Å². The highest BCUT2D eigenvalue weighted by molar-refractivity contribution is 5.91. The topological polar surface area (TPSA) is 163 Å². The summed E-state index contributed by atoms with van der Waals surface area (Å²) in [7, 11) is 0. The normalized spacial score (nSPS) is 12.8. The van der Waals surface area contributed by atoms with Crippen LogP contribution in [0.4, 0.5) is 5.69 Å². The zero-order valence-corrected chi connectivity index (χ0v) is 17.3. The Bertz CT molecular complexity index is 1100. The molecule has 6 N–H and O–H groups in total. The third-order valence-corrected chi connectivity index (χ3v) is 5.08. The average Bonchev–Trinajstić information content (AvgIpc) is 3.20. The molecule has 168 valence electrons. The smallest absolute Gasteiger partial charge is 0.269 e. The number of aromatic amines is 1. The van der Waals surface area contributed by atoms with Gasteiger partial charge in [-0.3, -0.25) is 19.7 Å². The molecule has 2 aromatic carbocycles. The molecule has 0 unspecified atom stereocenters. The van der Waals surface area contributed by atoms with Gasteiger partial charge in [-0.2, -0.15) is 0 Å². The summed E-state index contributed by atoms with van der Waals surface area (Å²) in [6, 6.07) is 11.6. The number of H-pyrrole nitrogens is 1. The predicted molar refractivity (Wildman–Crippen MR) is 119 cm³/mol. The lowest BCUT2D eigenvalue weighted by Crippen LogP contribution is -2.53. The van der Waals surface area contributed by atoms with Crippen molar-refractivity contribution >= 4 is 28.4 Å². The Balaban J connectivity index is 1.70. The number of non-ortho nitro benzene ring substituents is 1. The Morgan fingerprint density at radius 3 is 2.50 bits per heavy atom. The SMILES string of the molecule is N[C@@H](Cc1ccc([N+](=O)[O-])cc1)C(=O)N[C@@H](Cc1c[nH]c2ccccc12)C(=O)NCCO. The van der Waals surface area contributed by atoms with E-state index in [2.05, 4.69) is 15.6 Å². The number of rotatable bonds is 10. The molecule has 3 rings (SSSR count). The number of carbonyl (C=O) groups excluding carboxylic acids is 2. The Labute approximate surface area is 184 Å². The number of para-hydroxylation sites is 1. The van der Waals surface area contributed by atoms with Gasteiger partial charge in [0.1, 0.15) is 6.04 Å². The number of nitro groups is 1. The lowest BCUT2D eigenvalue weighted by atomic mass is 10.0. The van der Waals surface area contributed by atoms with Crippen molar-refractivity contribution in [3.05, 3.63) is 76.0 Å². The lowest BCUT2D eigenvalue weighted by molar-refractivity contribution is -0.384. The van der Waals surface area contributed by atoms with Crippen LogP contribution in [0.3, 0.4) is 0 Å². The Morgan fingerprint density at radius 1 is 1.09 bits per heavy atom. The van der Waals surface area contributed by atoms with Crippen LogP contribution < -0.4 is 16.4 Å². The lowest BCUT2D eigenvalue weighted by Gasteiger charge is -2.20. The fourth-order valence-electron chi connectivity index (χ4n) is 3.41. The molecular weight excluding hydrogens is 414 g/mol. The molecule has 1 aromatic heterocycles. The fourth-order valence-corrected chi connectivity index (χ4v) is 3.41. The van der Waals surface area contributed by atoms with Gasteiger partial charge in [-0.25, -0.2) is 0 Å². The standard InChI is InChI=1S/C22H25N5O5/c23-18(11-14-5-7-16(8-6-14)27(31)32)21(29)26-20(22(30)24-9-10-28)12-15-13-25-19-4-2-1-3-17(15)19/h1-8,13,18,20,25,28H,9-12,23H2,(H,24,30)(H,26,29)/t18-,20-/m0/s1. The molecule has 0 fully saturated rings. The Hall–Kier alpha value is -3.76. The van der Waals surface area contributed by atoms with Gasteiger partial charge in [-0.05, 0) is 23.6 Å². The maximum absolute atomic E-state index is 12.7. The molecule has 0 radical (unpaired) electrons. The van der Waals surface area contributed by atoms with E-state index in [1.165, 1.54) is 12.1 Å². The van der Waals surface area contributed by atoms with Crippen molar-refractivity contribution < 1.29 is 19.6 Å². The first-order valence-corrected chi connectivity index (χ1v) is 10.1. The minimum absolute atomic E-state index is 0.0499. The highest BCUT2D eigenvalue weighted by Gasteiger charge is 2.25. The second-order valence-electron chi connectivity index (χ2n) is 7.37. The molecule has 1 heterocycles. The zero-order chi connectivity index (χ0) is 23.1. The van der Waals surface area contributed by atoms with Gasteiger partial charge in [0.25, 0.3) is 5.69 Å². The van der Waals surface area contributed by atoms with Gasteiger partial charge in [0.2, 0.25) is 11.8 Å². The van der Waals surface area contributed by atoms with Crippen molar-refractivity contribution in [3.63, 3.8) is 0 Å². The summed E-state index contributed by atoms with van der Waals surface area (Å²) in [6.45, 7) is -0.160. The summed E-state index contributed by atoms with van der Waals surface area (Å²) in [6.07, 6.45) is 2.18. The van der Waals surface area contributed by atoms with Gasteiger partial charge in [0.15, 0.2) is 0 Å². The van der Waals surface area contributed by atoms with E-state index in [1.54, 1.807) is 18.3 Å². The number of hydrogen-bond acceptors (Lipinski definition) is 6. The van der Waals surface area contributed by atoms with Crippen LogP contribution >= 0.6 is 0 Å². The average molecular weight is 439 g/mol. The molecule has 0 saturated heterocycles. The van der Waals surface area contributed by atoms with E-state index in [9.17, 15) is 19.7 Å². The highest BCUT2D eigenvalue weighted by atomic mass is 16.6. The number of aromatic nitrogens is 1. The maximum atomic E-state index is 12.7. The predicted octanol–water partition coefficient (Wildman–Crippen LogP) is 0.782. The van der Waals surface area contributed by atoms with Gasteiger partial charge < -0.3 is 26.5 Å². The fraction of sp³-hybridized carbons (Fsp3) is 0.273. The molecule has 2 amide bonds. The van der Waals surface area contributed by atoms with Gasteiger partial charge in [0.05, 0.1) is 17.6 Å². The number of aliphatic hydroxyl groups excluding tert-OH is 1. The molecule has 0 aliphatic rings. The summed E-state index contributed by atoms with van der Waals surface area (Å²) >= 11 is 0. The van der Waals surface area contributed by atoms with E-state index in [1.807, 2.05) is 24.3 Å². The van der Waals surface area contributed by atoms with E-state index in [4.69, 9.17) is 10.8 Å². The summed E-state index contributed by atoms with van der Waals surface area (Å²) < 4.78 is 0. The van der Waals surface area contributed by atoms with Crippen molar-refractivity contribution in [3.8, 4) is 0 Å². The third kappa shape index (κ3) is 5.68. The van der Waals surface area contributed by atoms with E-state index >= 15 is 0 Å². The van der Waals surface area contributed by atoms with Gasteiger partial charge in [0, 0.05) is 42.2 Å². The molecule has 0 aliphatic carbocycles. The summed E-state index contributed by atoms with van der Waals surface area (Å²) in [5.74, 6) is -0.951. The minimum atomic E-state index is -0.951. The number of amides is 2. The Kier molecular flexibility index (Phi) is 7.53. The van der Waals surface area contributed by atoms with Crippen LogP contribution in [0.2, 0.25) is 0 Å². The van der Waals surface area contributed by atoms with E-state index in [0.29, 0.717) is 5.56 Å². The number of nitrogens with one attached hydrogen (secondary N) is 3. The number of carbonyl (C=O) groups is 2. The number of fused-ring (bicyclic) bond motifs is 1.